The van der Waals surface area contributed by atoms with Crippen LogP contribution in [0.25, 0.3) is 0 Å². The number of aliphatic imine (C=N–C) groups is 1. The molecule has 3 heterocycles. The van der Waals surface area contributed by atoms with Crippen LogP contribution >= 0.6 is 0 Å². The number of nitrogens with two attached hydrogens (primary N) is 1. The maximum atomic E-state index is 11.4. The molecule has 0 bridgehead atoms. The van der Waals surface area contributed by atoms with Crippen molar-refractivity contribution in [2.24, 2.45) is 22.1 Å². The van der Waals surface area contributed by atoms with Crippen molar-refractivity contribution in [2.75, 3.05) is 38.1 Å². The molecular weight excluding hydrogens is 340 g/mol. The number of hydrogen-bond donors (Lipinski definition) is 2. The molecule has 1 amide bonds. The first-order chi connectivity index (χ1) is 12.9. The van der Waals surface area contributed by atoms with Gasteiger partial charge in [-0.05, 0) is 30.7 Å². The number of rotatable bonds is 4. The quantitative estimate of drug-likeness (QED) is 0.619. The summed E-state index contributed by atoms with van der Waals surface area (Å²) >= 11 is 0. The standard InChI is InChI=1S/C20H32N6O/c1-20(2)8-12-26(14-20)19(22-3)24-13-16-5-4-9-23-18(16)25-10-6-15(7-11-25)17(21)27/h4-5,9,15H,6-8,10-14H2,1-3H3,(H2,21,27)(H,22,24). The number of nitrogens with one attached hydrogen (secondary N) is 1. The van der Waals surface area contributed by atoms with Gasteiger partial charge in [0.05, 0.1) is 0 Å². The van der Waals surface area contributed by atoms with Gasteiger partial charge in [0.25, 0.3) is 0 Å². The molecule has 0 spiro atoms. The van der Waals surface area contributed by atoms with E-state index < -0.39 is 0 Å². The lowest BCUT2D eigenvalue weighted by molar-refractivity contribution is -0.122. The third kappa shape index (κ3) is 4.70. The van der Waals surface area contributed by atoms with Crippen LogP contribution in [0.15, 0.2) is 23.3 Å². The molecule has 1 aromatic rings. The van der Waals surface area contributed by atoms with Crippen LogP contribution in [0.2, 0.25) is 0 Å². The second kappa shape index (κ2) is 8.15. The van der Waals surface area contributed by atoms with Crippen molar-refractivity contribution in [1.82, 2.24) is 15.2 Å². The average Bonchev–Trinajstić information content (AvgIpc) is 3.02. The molecule has 2 saturated heterocycles. The van der Waals surface area contributed by atoms with Crippen LogP contribution < -0.4 is 16.0 Å². The lowest BCUT2D eigenvalue weighted by Gasteiger charge is -2.33. The van der Waals surface area contributed by atoms with Crippen molar-refractivity contribution in [1.29, 1.82) is 0 Å². The van der Waals surface area contributed by atoms with E-state index in [1.54, 1.807) is 0 Å². The predicted octanol–water partition coefficient (Wildman–Crippen LogP) is 1.59. The monoisotopic (exact) mass is 372 g/mol. The molecule has 3 rings (SSSR count). The summed E-state index contributed by atoms with van der Waals surface area (Å²) in [6.07, 6.45) is 4.60. The molecule has 7 heteroatoms. The lowest BCUT2D eigenvalue weighted by Crippen LogP contribution is -2.41. The van der Waals surface area contributed by atoms with Crippen molar-refractivity contribution in [3.63, 3.8) is 0 Å². The van der Waals surface area contributed by atoms with Gasteiger partial charge < -0.3 is 20.9 Å². The molecule has 0 aromatic carbocycles. The van der Waals surface area contributed by atoms with E-state index in [2.05, 4.69) is 45.0 Å². The SMILES string of the molecule is CN=C(NCc1cccnc1N1CCC(C(N)=O)CC1)N1CCC(C)(C)C1. The molecule has 2 aliphatic heterocycles. The lowest BCUT2D eigenvalue weighted by atomic mass is 9.93. The number of amides is 1. The van der Waals surface area contributed by atoms with Gasteiger partial charge in [0, 0.05) is 57.4 Å². The van der Waals surface area contributed by atoms with Gasteiger partial charge in [-0.25, -0.2) is 4.98 Å². The number of pyridine rings is 1. The Labute approximate surface area is 162 Å². The van der Waals surface area contributed by atoms with E-state index in [0.717, 1.165) is 56.4 Å². The van der Waals surface area contributed by atoms with Gasteiger partial charge >= 0.3 is 0 Å². The third-order valence-electron chi connectivity index (χ3n) is 5.69. The molecule has 2 aliphatic rings. The predicted molar refractivity (Wildman–Crippen MR) is 109 cm³/mol. The van der Waals surface area contributed by atoms with E-state index in [-0.39, 0.29) is 11.8 Å². The Bertz CT molecular complexity index is 693. The first-order valence-corrected chi connectivity index (χ1v) is 9.83. The van der Waals surface area contributed by atoms with Gasteiger partial charge in [0.1, 0.15) is 5.82 Å². The van der Waals surface area contributed by atoms with Crippen molar-refractivity contribution in [2.45, 2.75) is 39.7 Å². The van der Waals surface area contributed by atoms with E-state index in [9.17, 15) is 4.79 Å². The zero-order valence-electron chi connectivity index (χ0n) is 16.7. The van der Waals surface area contributed by atoms with Crippen LogP contribution in [0.5, 0.6) is 0 Å². The van der Waals surface area contributed by atoms with Crippen LogP contribution in [-0.2, 0) is 11.3 Å². The zero-order chi connectivity index (χ0) is 19.4. The highest BCUT2D eigenvalue weighted by Gasteiger charge is 2.31. The summed E-state index contributed by atoms with van der Waals surface area (Å²) < 4.78 is 0. The van der Waals surface area contributed by atoms with Crippen LogP contribution in [0.4, 0.5) is 5.82 Å². The molecule has 0 unspecified atom stereocenters. The smallest absolute Gasteiger partial charge is 0.220 e. The molecule has 148 valence electrons. The van der Waals surface area contributed by atoms with Crippen molar-refractivity contribution in [3.8, 4) is 0 Å². The highest BCUT2D eigenvalue weighted by atomic mass is 16.1. The summed E-state index contributed by atoms with van der Waals surface area (Å²) in [6, 6.07) is 4.08. The maximum Gasteiger partial charge on any atom is 0.220 e. The van der Waals surface area contributed by atoms with Gasteiger partial charge in [-0.1, -0.05) is 19.9 Å². The Hall–Kier alpha value is -2.31. The van der Waals surface area contributed by atoms with E-state index in [4.69, 9.17) is 5.73 Å². The van der Waals surface area contributed by atoms with E-state index in [1.807, 2.05) is 19.3 Å². The number of piperidine rings is 1. The Balaban J connectivity index is 1.64. The molecule has 1 aromatic heterocycles. The van der Waals surface area contributed by atoms with Gasteiger partial charge in [-0.3, -0.25) is 9.79 Å². The number of hydrogen-bond acceptors (Lipinski definition) is 4. The van der Waals surface area contributed by atoms with Crippen LogP contribution in [0.3, 0.4) is 0 Å². The molecule has 0 atom stereocenters. The number of carbonyl (C=O) groups is 1. The summed E-state index contributed by atoms with van der Waals surface area (Å²) in [7, 11) is 1.84. The van der Waals surface area contributed by atoms with Crippen LogP contribution in [0, 0.1) is 11.3 Å². The van der Waals surface area contributed by atoms with E-state index in [0.29, 0.717) is 12.0 Å². The maximum absolute atomic E-state index is 11.4. The highest BCUT2D eigenvalue weighted by molar-refractivity contribution is 5.80. The zero-order valence-corrected chi connectivity index (χ0v) is 16.7. The van der Waals surface area contributed by atoms with Crippen molar-refractivity contribution < 1.29 is 4.79 Å². The van der Waals surface area contributed by atoms with E-state index >= 15 is 0 Å². The Kier molecular flexibility index (Phi) is 5.87. The Morgan fingerprint density at radius 2 is 2.11 bits per heavy atom. The molecule has 0 aliphatic carbocycles. The first-order valence-electron chi connectivity index (χ1n) is 9.83. The number of carbonyl (C=O) groups excluding carboxylic acids is 1. The minimum Gasteiger partial charge on any atom is -0.369 e. The number of anilines is 1. The molecular formula is C20H32N6O. The number of guanidine groups is 1. The molecule has 27 heavy (non-hydrogen) atoms. The number of likely N-dealkylation sites (tertiary alicyclic amines) is 1. The number of nitrogens with zero attached hydrogens (tertiary/aromatic N) is 4. The topological polar surface area (TPSA) is 86.9 Å². The fourth-order valence-electron chi connectivity index (χ4n) is 4.03. The summed E-state index contributed by atoms with van der Waals surface area (Å²) in [5.74, 6) is 1.74. The Morgan fingerprint density at radius 3 is 2.70 bits per heavy atom. The summed E-state index contributed by atoms with van der Waals surface area (Å²) in [5.41, 5.74) is 6.94. The van der Waals surface area contributed by atoms with Gasteiger partial charge in [-0.15, -0.1) is 0 Å². The first kappa shape index (κ1) is 19.5. The molecule has 0 saturated carbocycles. The minimum absolute atomic E-state index is 0.0103. The average molecular weight is 373 g/mol. The number of aromatic nitrogens is 1. The summed E-state index contributed by atoms with van der Waals surface area (Å²) in [4.78, 5) is 25.1. The fraction of sp³-hybridized carbons (Fsp3) is 0.650. The molecule has 0 radical (unpaired) electrons. The minimum atomic E-state index is -0.185. The van der Waals surface area contributed by atoms with Crippen molar-refractivity contribution >= 4 is 17.7 Å². The van der Waals surface area contributed by atoms with Gasteiger partial charge in [-0.2, -0.15) is 0 Å². The van der Waals surface area contributed by atoms with Crippen LogP contribution in [0.1, 0.15) is 38.7 Å². The van der Waals surface area contributed by atoms with Crippen LogP contribution in [-0.4, -0.2) is 55.0 Å². The van der Waals surface area contributed by atoms with Crippen molar-refractivity contribution in [3.05, 3.63) is 23.9 Å². The third-order valence-corrected chi connectivity index (χ3v) is 5.69. The fourth-order valence-corrected chi connectivity index (χ4v) is 4.03. The number of primary amides is 1. The molecule has 3 N–H and O–H groups in total. The summed E-state index contributed by atoms with van der Waals surface area (Å²) in [6.45, 7) is 8.96. The van der Waals surface area contributed by atoms with E-state index in [1.165, 1.54) is 6.42 Å². The van der Waals surface area contributed by atoms with Gasteiger partial charge in [0.15, 0.2) is 5.96 Å². The Morgan fingerprint density at radius 1 is 1.37 bits per heavy atom. The normalized spacial score (nSPS) is 20.8. The molecule has 7 nitrogen and oxygen atoms in total. The van der Waals surface area contributed by atoms with Gasteiger partial charge in [0.2, 0.25) is 5.91 Å². The largest absolute Gasteiger partial charge is 0.369 e. The molecule has 2 fully saturated rings. The second-order valence-corrected chi connectivity index (χ2v) is 8.39. The second-order valence-electron chi connectivity index (χ2n) is 8.39. The highest BCUT2D eigenvalue weighted by Crippen LogP contribution is 2.29. The summed E-state index contributed by atoms with van der Waals surface area (Å²) in [5, 5.41) is 3.51.